The molecule has 1 aliphatic rings. The van der Waals surface area contributed by atoms with Crippen LogP contribution in [0.2, 0.25) is 0 Å². The molecule has 1 fully saturated rings. The summed E-state index contributed by atoms with van der Waals surface area (Å²) in [6.07, 6.45) is 6.15. The standard InChI is InChI=1S/C34H32FN5O2/c1-22-9-14-28-24(20-27(41)19-23-10-12-25(35)13-11-23)5-2-7-29(28)32(22)42-33-30(8-4-17-37-33)31-15-18-38-34(40-31)39-26-6-3-16-36-21-26/h2,4-5,7-15,17-18,26,36H,3,6,16,19-21H2,1H3,(H,38,39,40)/t26-/m0/s1. The quantitative estimate of drug-likeness (QED) is 0.214. The van der Waals surface area contributed by atoms with E-state index in [1.54, 1.807) is 24.5 Å². The highest BCUT2D eigenvalue weighted by Crippen LogP contribution is 2.37. The monoisotopic (exact) mass is 561 g/mol. The van der Waals surface area contributed by atoms with E-state index in [0.29, 0.717) is 23.3 Å². The van der Waals surface area contributed by atoms with Crippen LogP contribution in [0.1, 0.15) is 29.5 Å². The average molecular weight is 562 g/mol. The molecule has 0 saturated carbocycles. The summed E-state index contributed by atoms with van der Waals surface area (Å²) in [6.45, 7) is 3.92. The van der Waals surface area contributed by atoms with Crippen molar-refractivity contribution in [3.05, 3.63) is 108 Å². The highest BCUT2D eigenvalue weighted by molar-refractivity contribution is 5.95. The van der Waals surface area contributed by atoms with E-state index in [0.717, 1.165) is 59.0 Å². The molecule has 1 saturated heterocycles. The first kappa shape index (κ1) is 27.5. The van der Waals surface area contributed by atoms with Crippen molar-refractivity contribution in [3.8, 4) is 22.9 Å². The Morgan fingerprint density at radius 1 is 0.976 bits per heavy atom. The number of nitrogens with zero attached hydrogens (tertiary/aromatic N) is 3. The summed E-state index contributed by atoms with van der Waals surface area (Å²) in [5, 5.41) is 8.69. The third kappa shape index (κ3) is 6.29. The summed E-state index contributed by atoms with van der Waals surface area (Å²) < 4.78 is 19.8. The molecule has 0 spiro atoms. The van der Waals surface area contributed by atoms with Crippen LogP contribution in [-0.2, 0) is 17.6 Å². The molecular weight excluding hydrogens is 529 g/mol. The van der Waals surface area contributed by atoms with Crippen LogP contribution in [0, 0.1) is 12.7 Å². The maximum absolute atomic E-state index is 13.3. The van der Waals surface area contributed by atoms with E-state index in [1.807, 2.05) is 55.5 Å². The molecule has 2 aromatic heterocycles. The number of halogens is 1. The Labute approximate surface area is 244 Å². The van der Waals surface area contributed by atoms with Gasteiger partial charge in [-0.15, -0.1) is 0 Å². The minimum atomic E-state index is -0.312. The molecule has 3 aromatic carbocycles. The number of hydrogen-bond donors (Lipinski definition) is 2. The van der Waals surface area contributed by atoms with Crippen LogP contribution in [-0.4, -0.2) is 39.9 Å². The summed E-state index contributed by atoms with van der Waals surface area (Å²) in [6, 6.07) is 21.9. The van der Waals surface area contributed by atoms with Crippen molar-refractivity contribution >= 4 is 22.5 Å². The molecule has 0 bridgehead atoms. The van der Waals surface area contributed by atoms with Gasteiger partial charge in [0.1, 0.15) is 17.3 Å². The fourth-order valence-electron chi connectivity index (χ4n) is 5.40. The van der Waals surface area contributed by atoms with Crippen molar-refractivity contribution in [1.82, 2.24) is 20.3 Å². The maximum Gasteiger partial charge on any atom is 0.228 e. The number of carbonyl (C=O) groups excluding carboxylic acids is 1. The van der Waals surface area contributed by atoms with Crippen LogP contribution in [0.4, 0.5) is 10.3 Å². The van der Waals surface area contributed by atoms with Crippen LogP contribution < -0.4 is 15.4 Å². The van der Waals surface area contributed by atoms with Crippen LogP contribution >= 0.6 is 0 Å². The van der Waals surface area contributed by atoms with E-state index in [-0.39, 0.29) is 30.5 Å². The van der Waals surface area contributed by atoms with Crippen molar-refractivity contribution in [2.75, 3.05) is 18.4 Å². The summed E-state index contributed by atoms with van der Waals surface area (Å²) in [5.41, 5.74) is 4.12. The number of benzene rings is 3. The molecule has 8 heteroatoms. The number of ketones is 1. The van der Waals surface area contributed by atoms with Gasteiger partial charge in [0.05, 0.1) is 11.3 Å². The largest absolute Gasteiger partial charge is 0.437 e. The lowest BCUT2D eigenvalue weighted by molar-refractivity contribution is -0.117. The summed E-state index contributed by atoms with van der Waals surface area (Å²) in [5.74, 6) is 1.44. The number of ether oxygens (including phenoxy) is 1. The van der Waals surface area contributed by atoms with E-state index in [9.17, 15) is 9.18 Å². The Hall–Kier alpha value is -4.69. The minimum absolute atomic E-state index is 0.0568. The molecule has 7 nitrogen and oxygen atoms in total. The lowest BCUT2D eigenvalue weighted by Gasteiger charge is -2.23. The van der Waals surface area contributed by atoms with Gasteiger partial charge < -0.3 is 15.4 Å². The smallest absolute Gasteiger partial charge is 0.228 e. The number of hydrogen-bond acceptors (Lipinski definition) is 7. The number of carbonyl (C=O) groups is 1. The lowest BCUT2D eigenvalue weighted by atomic mass is 9.96. The SMILES string of the molecule is Cc1ccc2c(CC(=O)Cc3ccc(F)cc3)cccc2c1Oc1ncccc1-c1ccnc(N[C@H]2CCCNC2)n1. The number of anilines is 1. The van der Waals surface area contributed by atoms with Crippen molar-refractivity contribution in [2.24, 2.45) is 0 Å². The molecule has 1 aliphatic heterocycles. The number of nitrogens with one attached hydrogen (secondary N) is 2. The van der Waals surface area contributed by atoms with E-state index in [4.69, 9.17) is 9.72 Å². The fraction of sp³-hybridized carbons (Fsp3) is 0.235. The Balaban J connectivity index is 1.27. The molecule has 6 rings (SSSR count). The van der Waals surface area contributed by atoms with Gasteiger partial charge >= 0.3 is 0 Å². The molecule has 5 aromatic rings. The number of aromatic nitrogens is 3. The molecule has 42 heavy (non-hydrogen) atoms. The maximum atomic E-state index is 13.3. The predicted octanol–water partition coefficient (Wildman–Crippen LogP) is 6.45. The highest BCUT2D eigenvalue weighted by Gasteiger charge is 2.18. The van der Waals surface area contributed by atoms with Gasteiger partial charge in [-0.2, -0.15) is 0 Å². The minimum Gasteiger partial charge on any atom is -0.437 e. The van der Waals surface area contributed by atoms with Gasteiger partial charge in [-0.1, -0.05) is 42.5 Å². The lowest BCUT2D eigenvalue weighted by Crippen LogP contribution is -2.38. The second-order valence-corrected chi connectivity index (χ2v) is 10.7. The Bertz CT molecular complexity index is 1720. The summed E-state index contributed by atoms with van der Waals surface area (Å²) >= 11 is 0. The Morgan fingerprint density at radius 3 is 2.69 bits per heavy atom. The fourth-order valence-corrected chi connectivity index (χ4v) is 5.40. The van der Waals surface area contributed by atoms with Crippen LogP contribution in [0.3, 0.4) is 0 Å². The van der Waals surface area contributed by atoms with Crippen LogP contribution in [0.25, 0.3) is 22.0 Å². The van der Waals surface area contributed by atoms with Gasteiger partial charge in [0.15, 0.2) is 0 Å². The molecule has 0 aliphatic carbocycles. The molecule has 212 valence electrons. The normalized spacial score (nSPS) is 15.0. The van der Waals surface area contributed by atoms with E-state index in [1.165, 1.54) is 12.1 Å². The first-order valence-corrected chi connectivity index (χ1v) is 14.2. The molecule has 1 atom stereocenters. The van der Waals surface area contributed by atoms with Crippen molar-refractivity contribution in [3.63, 3.8) is 0 Å². The van der Waals surface area contributed by atoms with Gasteiger partial charge in [-0.25, -0.2) is 19.3 Å². The first-order chi connectivity index (χ1) is 20.5. The number of fused-ring (bicyclic) bond motifs is 1. The topological polar surface area (TPSA) is 89.0 Å². The average Bonchev–Trinajstić information content (AvgIpc) is 3.01. The van der Waals surface area contributed by atoms with Gasteiger partial charge in [-0.05, 0) is 78.7 Å². The van der Waals surface area contributed by atoms with E-state index in [2.05, 4.69) is 20.6 Å². The third-order valence-electron chi connectivity index (χ3n) is 7.53. The second kappa shape index (κ2) is 12.4. The van der Waals surface area contributed by atoms with Gasteiger partial charge in [0.25, 0.3) is 0 Å². The van der Waals surface area contributed by atoms with Crippen LogP contribution in [0.15, 0.2) is 85.2 Å². The summed E-state index contributed by atoms with van der Waals surface area (Å²) in [4.78, 5) is 26.7. The number of Topliss-reactive ketones (excluding diaryl/α,β-unsaturated/α-hetero) is 1. The zero-order chi connectivity index (χ0) is 28.9. The number of pyridine rings is 1. The van der Waals surface area contributed by atoms with Crippen molar-refractivity contribution in [2.45, 2.75) is 38.6 Å². The molecule has 0 amide bonds. The van der Waals surface area contributed by atoms with Gasteiger partial charge in [0.2, 0.25) is 11.8 Å². The molecule has 3 heterocycles. The predicted molar refractivity (Wildman–Crippen MR) is 162 cm³/mol. The van der Waals surface area contributed by atoms with Gasteiger partial charge in [0, 0.05) is 43.2 Å². The second-order valence-electron chi connectivity index (χ2n) is 10.7. The number of aryl methyl sites for hydroxylation is 1. The zero-order valence-corrected chi connectivity index (χ0v) is 23.4. The highest BCUT2D eigenvalue weighted by atomic mass is 19.1. The molecule has 0 unspecified atom stereocenters. The molecule has 2 N–H and O–H groups in total. The Morgan fingerprint density at radius 2 is 1.86 bits per heavy atom. The third-order valence-corrected chi connectivity index (χ3v) is 7.53. The van der Waals surface area contributed by atoms with E-state index < -0.39 is 0 Å². The zero-order valence-electron chi connectivity index (χ0n) is 23.4. The number of piperidine rings is 1. The summed E-state index contributed by atoms with van der Waals surface area (Å²) in [7, 11) is 0. The van der Waals surface area contributed by atoms with Crippen LogP contribution in [0.5, 0.6) is 11.6 Å². The van der Waals surface area contributed by atoms with E-state index >= 15 is 0 Å². The van der Waals surface area contributed by atoms with Gasteiger partial charge in [-0.3, -0.25) is 4.79 Å². The molecule has 0 radical (unpaired) electrons. The van der Waals surface area contributed by atoms with Crippen molar-refractivity contribution < 1.29 is 13.9 Å². The van der Waals surface area contributed by atoms with Crippen molar-refractivity contribution in [1.29, 1.82) is 0 Å². The Kier molecular flexibility index (Phi) is 8.14. The number of rotatable bonds is 9. The molecular formula is C34H32FN5O2. The first-order valence-electron chi connectivity index (χ1n) is 14.2.